The number of hydroxylamine groups is 1. The van der Waals surface area contributed by atoms with E-state index in [4.69, 9.17) is 4.84 Å². The Hall–Kier alpha value is -4.12. The van der Waals surface area contributed by atoms with Crippen LogP contribution in [0.15, 0.2) is 81.5 Å². The molecule has 4 heterocycles. The Morgan fingerprint density at radius 1 is 1.05 bits per heavy atom. The zero-order chi connectivity index (χ0) is 28.1. The van der Waals surface area contributed by atoms with Crippen molar-refractivity contribution in [3.05, 3.63) is 104 Å². The molecule has 2 N–H and O–H groups in total. The third kappa shape index (κ3) is 5.46. The van der Waals surface area contributed by atoms with Crippen molar-refractivity contribution in [3.63, 3.8) is 0 Å². The molecular formula is C30H32N6O3S. The molecule has 0 saturated heterocycles. The van der Waals surface area contributed by atoms with E-state index in [2.05, 4.69) is 41.3 Å². The minimum Gasteiger partial charge on any atom is -0.348 e. The molecule has 0 saturated carbocycles. The minimum absolute atomic E-state index is 0.0688. The molecule has 2 aromatic carbocycles. The number of nitrogens with one attached hydrogen (secondary N) is 1. The Morgan fingerprint density at radius 3 is 2.45 bits per heavy atom. The molecule has 0 fully saturated rings. The summed E-state index contributed by atoms with van der Waals surface area (Å²) >= 11 is 1.54. The lowest BCUT2D eigenvalue weighted by atomic mass is 9.96. The lowest BCUT2D eigenvalue weighted by molar-refractivity contribution is -0.102. The summed E-state index contributed by atoms with van der Waals surface area (Å²) in [6.45, 7) is 6.34. The van der Waals surface area contributed by atoms with Crippen molar-refractivity contribution in [3.8, 4) is 16.8 Å². The zero-order valence-electron chi connectivity index (χ0n) is 22.7. The van der Waals surface area contributed by atoms with Crippen LogP contribution in [0.25, 0.3) is 22.6 Å². The fourth-order valence-electron chi connectivity index (χ4n) is 4.69. The van der Waals surface area contributed by atoms with Gasteiger partial charge in [-0.05, 0) is 34.6 Å². The topological polar surface area (TPSA) is 106 Å². The first kappa shape index (κ1) is 27.4. The Bertz CT molecular complexity index is 1670. The summed E-state index contributed by atoms with van der Waals surface area (Å²) < 4.78 is 3.45. The van der Waals surface area contributed by atoms with E-state index in [1.54, 1.807) is 9.08 Å². The van der Waals surface area contributed by atoms with E-state index < -0.39 is 6.41 Å². The summed E-state index contributed by atoms with van der Waals surface area (Å²) in [7, 11) is 0. The number of hydrogen-bond acceptors (Lipinski definition) is 8. The fraction of sp³-hybridized carbons (Fsp3) is 0.267. The summed E-state index contributed by atoms with van der Waals surface area (Å²) in [4.78, 5) is 27.3. The quantitative estimate of drug-likeness (QED) is 0.288. The highest BCUT2D eigenvalue weighted by Gasteiger charge is 2.21. The number of thiophene rings is 1. The second-order valence-electron chi connectivity index (χ2n) is 9.42. The number of benzene rings is 2. The molecule has 10 heteroatoms. The molecule has 40 heavy (non-hydrogen) atoms. The van der Waals surface area contributed by atoms with Crippen molar-refractivity contribution in [2.24, 2.45) is 4.99 Å². The zero-order valence-corrected chi connectivity index (χ0v) is 23.6. The maximum atomic E-state index is 13.8. The number of aliphatic hydroxyl groups is 1. The van der Waals surface area contributed by atoms with Gasteiger partial charge in [0.2, 0.25) is 5.78 Å². The first-order valence-electron chi connectivity index (χ1n) is 13.4. The second-order valence-corrected chi connectivity index (χ2v) is 10.2. The van der Waals surface area contributed by atoms with Crippen LogP contribution in [0.5, 0.6) is 0 Å². The van der Waals surface area contributed by atoms with Crippen LogP contribution in [0, 0.1) is 0 Å². The molecule has 1 aliphatic heterocycles. The molecule has 1 aliphatic rings. The molecule has 3 aromatic heterocycles. The van der Waals surface area contributed by atoms with Crippen molar-refractivity contribution in [2.75, 3.05) is 0 Å². The van der Waals surface area contributed by atoms with Gasteiger partial charge in [0.1, 0.15) is 6.33 Å². The number of fused-ring (bicyclic) bond motifs is 1. The number of aliphatic hydroxyl groups excluding tert-OH is 1. The predicted molar refractivity (Wildman–Crippen MR) is 158 cm³/mol. The molecule has 9 nitrogen and oxygen atoms in total. The summed E-state index contributed by atoms with van der Waals surface area (Å²) in [5.41, 5.74) is 8.80. The van der Waals surface area contributed by atoms with Gasteiger partial charge in [-0.1, -0.05) is 82.1 Å². The molecule has 0 spiro atoms. The van der Waals surface area contributed by atoms with E-state index in [1.807, 2.05) is 65.4 Å². The van der Waals surface area contributed by atoms with E-state index in [0.717, 1.165) is 52.0 Å². The van der Waals surface area contributed by atoms with E-state index in [0.29, 0.717) is 18.0 Å². The standard InChI is InChI=1S/C27H24N6O3S.C3H8/c1-2-5-23-22(25(34)32(19-12-13-37-15-19)26-28-16-29-33(23)26)14-17-8-10-18(11-9-17)20-6-3-4-7-21(20)24-30-27(35)36-31-24;1-3-2/h3-4,6-13,15-16,27,35H,2,5,14H2,1H3,(H,30,31);3H2,1-2H3. The Morgan fingerprint density at radius 2 is 1.80 bits per heavy atom. The van der Waals surface area contributed by atoms with Gasteiger partial charge in [-0.2, -0.15) is 21.4 Å². The molecule has 0 aliphatic carbocycles. The maximum Gasteiger partial charge on any atom is 0.280 e. The minimum atomic E-state index is -1.22. The Kier molecular flexibility index (Phi) is 8.49. The molecular weight excluding hydrogens is 524 g/mol. The highest BCUT2D eigenvalue weighted by Crippen LogP contribution is 2.26. The number of rotatable bonds is 7. The highest BCUT2D eigenvalue weighted by atomic mass is 32.1. The fourth-order valence-corrected chi connectivity index (χ4v) is 5.31. The van der Waals surface area contributed by atoms with Gasteiger partial charge in [0.15, 0.2) is 5.84 Å². The number of hydrogen-bond donors (Lipinski definition) is 2. The second kappa shape index (κ2) is 12.4. The van der Waals surface area contributed by atoms with Crippen molar-refractivity contribution in [1.82, 2.24) is 24.6 Å². The summed E-state index contributed by atoms with van der Waals surface area (Å²) in [5.74, 6) is 1.01. The van der Waals surface area contributed by atoms with E-state index in [-0.39, 0.29) is 5.56 Å². The molecule has 0 radical (unpaired) electrons. The van der Waals surface area contributed by atoms with Crippen molar-refractivity contribution < 1.29 is 9.94 Å². The molecule has 1 atom stereocenters. The summed E-state index contributed by atoms with van der Waals surface area (Å²) in [5, 5.41) is 18.0. The van der Waals surface area contributed by atoms with E-state index in [1.165, 1.54) is 24.1 Å². The van der Waals surface area contributed by atoms with Crippen molar-refractivity contribution in [1.29, 1.82) is 0 Å². The van der Waals surface area contributed by atoms with Gasteiger partial charge in [-0.3, -0.25) is 4.79 Å². The average molecular weight is 557 g/mol. The first-order chi connectivity index (χ1) is 19.5. The van der Waals surface area contributed by atoms with Crippen LogP contribution in [0.4, 0.5) is 0 Å². The largest absolute Gasteiger partial charge is 0.348 e. The number of amidine groups is 1. The third-order valence-electron chi connectivity index (χ3n) is 6.37. The van der Waals surface area contributed by atoms with Gasteiger partial charge in [-0.15, -0.1) is 0 Å². The van der Waals surface area contributed by atoms with Crippen LogP contribution in [0.3, 0.4) is 0 Å². The van der Waals surface area contributed by atoms with Crippen LogP contribution >= 0.6 is 11.3 Å². The lowest BCUT2D eigenvalue weighted by Gasteiger charge is -2.15. The molecule has 206 valence electrons. The summed E-state index contributed by atoms with van der Waals surface area (Å²) in [6.07, 6.45) is 3.62. The van der Waals surface area contributed by atoms with Gasteiger partial charge in [0, 0.05) is 22.9 Å². The van der Waals surface area contributed by atoms with Crippen LogP contribution in [0.1, 0.15) is 56.0 Å². The van der Waals surface area contributed by atoms with Crippen molar-refractivity contribution >= 4 is 23.0 Å². The van der Waals surface area contributed by atoms with E-state index >= 15 is 0 Å². The Balaban J connectivity index is 0.00000103. The molecule has 0 bridgehead atoms. The molecule has 0 amide bonds. The van der Waals surface area contributed by atoms with Crippen LogP contribution in [0.2, 0.25) is 0 Å². The predicted octanol–water partition coefficient (Wildman–Crippen LogP) is 5.13. The van der Waals surface area contributed by atoms with Gasteiger partial charge < -0.3 is 5.11 Å². The van der Waals surface area contributed by atoms with Crippen LogP contribution in [-0.2, 0) is 17.7 Å². The smallest absolute Gasteiger partial charge is 0.280 e. The number of nitrogens with zero attached hydrogens (tertiary/aromatic N) is 5. The van der Waals surface area contributed by atoms with Gasteiger partial charge in [-0.25, -0.2) is 24.4 Å². The summed E-state index contributed by atoms with van der Waals surface area (Å²) in [6, 6.07) is 17.9. The van der Waals surface area contributed by atoms with Gasteiger partial charge in [0.05, 0.1) is 11.4 Å². The van der Waals surface area contributed by atoms with Gasteiger partial charge >= 0.3 is 0 Å². The number of aromatic nitrogens is 4. The van der Waals surface area contributed by atoms with Crippen molar-refractivity contribution in [2.45, 2.75) is 52.9 Å². The van der Waals surface area contributed by atoms with Gasteiger partial charge in [0.25, 0.3) is 12.0 Å². The maximum absolute atomic E-state index is 13.8. The van der Waals surface area contributed by atoms with Crippen LogP contribution in [-0.4, -0.2) is 36.5 Å². The SMILES string of the molecule is CCC.CCCc1c(Cc2ccc(-c3ccccc3C3=NC(O)ON3)cc2)c(=O)n(-c2ccsc2)c2ncnn12. The monoisotopic (exact) mass is 556 g/mol. The lowest BCUT2D eigenvalue weighted by Crippen LogP contribution is -2.28. The molecule has 6 rings (SSSR count). The molecule has 1 unspecified atom stereocenters. The normalized spacial score (nSPS) is 14.5. The molecule has 5 aromatic rings. The third-order valence-corrected chi connectivity index (χ3v) is 7.05. The first-order valence-corrected chi connectivity index (χ1v) is 14.3. The van der Waals surface area contributed by atoms with E-state index in [9.17, 15) is 9.90 Å². The average Bonchev–Trinajstić information content (AvgIpc) is 3.75. The highest BCUT2D eigenvalue weighted by molar-refractivity contribution is 7.08. The number of aliphatic imine (C=N–C) groups is 1. The Labute approximate surface area is 236 Å². The van der Waals surface area contributed by atoms with Crippen LogP contribution < -0.4 is 11.0 Å². The number of aryl methyl sites for hydroxylation is 1.